The summed E-state index contributed by atoms with van der Waals surface area (Å²) in [4.78, 5) is 12.0. The van der Waals surface area contributed by atoms with E-state index in [0.717, 1.165) is 18.7 Å². The topological polar surface area (TPSA) is 101 Å². The van der Waals surface area contributed by atoms with E-state index in [-0.39, 0.29) is 24.1 Å². The molecule has 1 aromatic rings. The van der Waals surface area contributed by atoms with Crippen LogP contribution in [0.5, 0.6) is 0 Å². The van der Waals surface area contributed by atoms with Crippen molar-refractivity contribution >= 4 is 27.3 Å². The Morgan fingerprint density at radius 1 is 1.43 bits per heavy atom. The molecule has 1 amide bonds. The molecule has 4 N–H and O–H groups in total. The first-order valence-electron chi connectivity index (χ1n) is 6.55. The van der Waals surface area contributed by atoms with Gasteiger partial charge in [0, 0.05) is 12.2 Å². The van der Waals surface area contributed by atoms with Crippen molar-refractivity contribution in [1.82, 2.24) is 0 Å². The summed E-state index contributed by atoms with van der Waals surface area (Å²) < 4.78 is 37.9. The number of anilines is 2. The maximum absolute atomic E-state index is 13.5. The Morgan fingerprint density at radius 2 is 2.10 bits per heavy atom. The molecule has 0 aromatic heterocycles. The van der Waals surface area contributed by atoms with Crippen LogP contribution in [0, 0.1) is 11.7 Å². The summed E-state index contributed by atoms with van der Waals surface area (Å²) in [6, 6.07) is 3.68. The minimum Gasteiger partial charge on any atom is -0.330 e. The normalized spacial score (nSPS) is 12.8. The first-order chi connectivity index (χ1) is 9.76. The number of carbonyl (C=O) groups excluding carboxylic acids is 1. The maximum atomic E-state index is 13.5. The lowest BCUT2D eigenvalue weighted by Crippen LogP contribution is -2.29. The lowest BCUT2D eigenvalue weighted by Gasteiger charge is -2.15. The zero-order valence-corrected chi connectivity index (χ0v) is 12.8. The number of carbonyl (C=O) groups is 1. The third-order valence-corrected chi connectivity index (χ3v) is 3.41. The summed E-state index contributed by atoms with van der Waals surface area (Å²) in [5.74, 6) is -1.31. The number of hydrogen-bond donors (Lipinski definition) is 3. The Bertz CT molecular complexity index is 605. The molecular weight excluding hydrogens is 297 g/mol. The average Bonchev–Trinajstić information content (AvgIpc) is 2.38. The molecule has 1 unspecified atom stereocenters. The molecule has 8 heteroatoms. The van der Waals surface area contributed by atoms with Gasteiger partial charge in [-0.05, 0) is 24.6 Å². The molecule has 1 atom stereocenters. The molecule has 1 aromatic carbocycles. The van der Waals surface area contributed by atoms with E-state index < -0.39 is 15.8 Å². The van der Waals surface area contributed by atoms with Gasteiger partial charge in [0.15, 0.2) is 0 Å². The van der Waals surface area contributed by atoms with Crippen LogP contribution in [-0.2, 0) is 14.8 Å². The van der Waals surface area contributed by atoms with Gasteiger partial charge in [-0.25, -0.2) is 12.8 Å². The van der Waals surface area contributed by atoms with Crippen molar-refractivity contribution in [2.24, 2.45) is 11.7 Å². The Labute approximate surface area is 124 Å². The molecule has 0 saturated carbocycles. The molecule has 1 rings (SSSR count). The summed E-state index contributed by atoms with van der Waals surface area (Å²) in [5.41, 5.74) is 5.63. The zero-order chi connectivity index (χ0) is 16.0. The van der Waals surface area contributed by atoms with Gasteiger partial charge in [-0.2, -0.15) is 0 Å². The van der Waals surface area contributed by atoms with E-state index in [1.807, 2.05) is 6.92 Å². The highest BCUT2D eigenvalue weighted by molar-refractivity contribution is 7.92. The Balaban J connectivity index is 2.90. The van der Waals surface area contributed by atoms with Gasteiger partial charge in [-0.1, -0.05) is 13.3 Å². The second-order valence-corrected chi connectivity index (χ2v) is 6.53. The fourth-order valence-corrected chi connectivity index (χ4v) is 2.39. The third-order valence-electron chi connectivity index (χ3n) is 2.82. The van der Waals surface area contributed by atoms with Crippen LogP contribution in [0.15, 0.2) is 18.2 Å². The van der Waals surface area contributed by atoms with Gasteiger partial charge in [0.1, 0.15) is 5.82 Å². The van der Waals surface area contributed by atoms with E-state index in [1.54, 1.807) is 0 Å². The monoisotopic (exact) mass is 317 g/mol. The predicted molar refractivity (Wildman–Crippen MR) is 80.9 cm³/mol. The van der Waals surface area contributed by atoms with Crippen LogP contribution in [0.1, 0.15) is 19.8 Å². The van der Waals surface area contributed by atoms with E-state index in [2.05, 4.69) is 10.0 Å². The maximum Gasteiger partial charge on any atom is 0.229 e. The zero-order valence-electron chi connectivity index (χ0n) is 12.0. The smallest absolute Gasteiger partial charge is 0.229 e. The van der Waals surface area contributed by atoms with Gasteiger partial charge < -0.3 is 11.1 Å². The molecule has 6 nitrogen and oxygen atoms in total. The van der Waals surface area contributed by atoms with Crippen molar-refractivity contribution in [1.29, 1.82) is 0 Å². The molecule has 118 valence electrons. The van der Waals surface area contributed by atoms with Crippen molar-refractivity contribution in [3.63, 3.8) is 0 Å². The largest absolute Gasteiger partial charge is 0.330 e. The molecule has 0 heterocycles. The van der Waals surface area contributed by atoms with Crippen LogP contribution in [-0.4, -0.2) is 27.1 Å². The van der Waals surface area contributed by atoms with E-state index in [9.17, 15) is 17.6 Å². The molecule has 0 radical (unpaired) electrons. The van der Waals surface area contributed by atoms with Crippen molar-refractivity contribution in [3.8, 4) is 0 Å². The summed E-state index contributed by atoms with van der Waals surface area (Å²) in [6.07, 6.45) is 2.39. The Kier molecular flexibility index (Phi) is 6.10. The molecular formula is C13H20FN3O3S. The second-order valence-electron chi connectivity index (χ2n) is 4.78. The molecule has 0 aliphatic heterocycles. The summed E-state index contributed by atoms with van der Waals surface area (Å²) >= 11 is 0. The molecule has 0 saturated heterocycles. The lowest BCUT2D eigenvalue weighted by atomic mass is 10.0. The van der Waals surface area contributed by atoms with E-state index in [0.29, 0.717) is 12.1 Å². The number of benzene rings is 1. The number of halogens is 1. The molecule has 0 aliphatic rings. The van der Waals surface area contributed by atoms with E-state index in [4.69, 9.17) is 5.73 Å². The number of sulfonamides is 1. The number of hydrogen-bond acceptors (Lipinski definition) is 4. The Morgan fingerprint density at radius 3 is 2.62 bits per heavy atom. The van der Waals surface area contributed by atoms with Crippen molar-refractivity contribution in [2.75, 3.05) is 22.8 Å². The van der Waals surface area contributed by atoms with Gasteiger partial charge >= 0.3 is 0 Å². The fraction of sp³-hybridized carbons (Fsp3) is 0.462. The molecule has 0 bridgehead atoms. The van der Waals surface area contributed by atoms with Crippen molar-refractivity contribution in [2.45, 2.75) is 19.8 Å². The van der Waals surface area contributed by atoms with Gasteiger partial charge in [-0.3, -0.25) is 9.52 Å². The first-order valence-corrected chi connectivity index (χ1v) is 8.44. The third kappa shape index (κ3) is 5.68. The van der Waals surface area contributed by atoms with Gasteiger partial charge in [0.25, 0.3) is 0 Å². The van der Waals surface area contributed by atoms with Crippen LogP contribution in [0.4, 0.5) is 15.8 Å². The first kappa shape index (κ1) is 17.4. The quantitative estimate of drug-likeness (QED) is 0.709. The summed E-state index contributed by atoms with van der Waals surface area (Å²) in [6.45, 7) is 2.16. The highest BCUT2D eigenvalue weighted by Crippen LogP contribution is 2.21. The lowest BCUT2D eigenvalue weighted by molar-refractivity contribution is -0.119. The van der Waals surface area contributed by atoms with E-state index in [1.165, 1.54) is 12.1 Å². The van der Waals surface area contributed by atoms with Gasteiger partial charge in [0.05, 0.1) is 17.9 Å². The number of nitrogens with one attached hydrogen (secondary N) is 2. The number of amides is 1. The predicted octanol–water partition coefficient (Wildman–Crippen LogP) is 1.51. The SMILES string of the molecule is CCCC(CN)C(=O)Nc1ccc(F)c(NS(C)(=O)=O)c1. The number of rotatable bonds is 7. The van der Waals surface area contributed by atoms with Crippen LogP contribution in [0.25, 0.3) is 0 Å². The molecule has 0 spiro atoms. The summed E-state index contributed by atoms with van der Waals surface area (Å²) in [7, 11) is -3.60. The van der Waals surface area contributed by atoms with Crippen LogP contribution < -0.4 is 15.8 Å². The number of nitrogens with two attached hydrogens (primary N) is 1. The van der Waals surface area contributed by atoms with Gasteiger partial charge in [-0.15, -0.1) is 0 Å². The molecule has 0 fully saturated rings. The van der Waals surface area contributed by atoms with Crippen LogP contribution in [0.3, 0.4) is 0 Å². The van der Waals surface area contributed by atoms with Crippen molar-refractivity contribution < 1.29 is 17.6 Å². The molecule has 0 aliphatic carbocycles. The van der Waals surface area contributed by atoms with Crippen LogP contribution in [0.2, 0.25) is 0 Å². The minimum absolute atomic E-state index is 0.213. The van der Waals surface area contributed by atoms with Crippen LogP contribution >= 0.6 is 0 Å². The summed E-state index contributed by atoms with van der Waals surface area (Å²) in [5, 5.41) is 2.61. The van der Waals surface area contributed by atoms with Gasteiger partial charge in [0.2, 0.25) is 15.9 Å². The standard InChI is InChI=1S/C13H20FN3O3S/c1-3-4-9(8-15)13(18)16-10-5-6-11(14)12(7-10)17-21(2,19)20/h5-7,9,17H,3-4,8,15H2,1-2H3,(H,16,18). The molecule has 21 heavy (non-hydrogen) atoms. The fourth-order valence-electron chi connectivity index (χ4n) is 1.83. The highest BCUT2D eigenvalue weighted by Gasteiger charge is 2.16. The van der Waals surface area contributed by atoms with Crippen molar-refractivity contribution in [3.05, 3.63) is 24.0 Å². The second kappa shape index (κ2) is 7.37. The minimum atomic E-state index is -3.60. The van der Waals surface area contributed by atoms with E-state index >= 15 is 0 Å². The Hall–Kier alpha value is -1.67. The highest BCUT2D eigenvalue weighted by atomic mass is 32.2. The average molecular weight is 317 g/mol.